The molecule has 22 heavy (non-hydrogen) atoms. The van der Waals surface area contributed by atoms with Crippen LogP contribution in [0.1, 0.15) is 12.0 Å². The van der Waals surface area contributed by atoms with Crippen LogP contribution in [0.3, 0.4) is 0 Å². The predicted octanol–water partition coefficient (Wildman–Crippen LogP) is 2.49. The first kappa shape index (κ1) is 14.1. The Morgan fingerprint density at radius 1 is 1.09 bits per heavy atom. The summed E-state index contributed by atoms with van der Waals surface area (Å²) in [6, 6.07) is 16.4. The lowest BCUT2D eigenvalue weighted by Gasteiger charge is -2.37. The number of carbonyl (C=O) groups is 2. The molecule has 2 aromatic rings. The summed E-state index contributed by atoms with van der Waals surface area (Å²) < 4.78 is 0. The number of para-hydroxylation sites is 2. The Morgan fingerprint density at radius 2 is 1.77 bits per heavy atom. The van der Waals surface area contributed by atoms with Gasteiger partial charge in [-0.15, -0.1) is 0 Å². The number of hydrogen-bond acceptors (Lipinski definition) is 3. The van der Waals surface area contributed by atoms with Crippen molar-refractivity contribution in [2.45, 2.75) is 19.0 Å². The Kier molecular flexibility index (Phi) is 3.78. The van der Waals surface area contributed by atoms with Gasteiger partial charge in [0, 0.05) is 6.54 Å². The fraction of sp³-hybridized carbons (Fsp3) is 0.176. The number of rotatable bonds is 4. The van der Waals surface area contributed by atoms with Crippen LogP contribution in [0.15, 0.2) is 54.6 Å². The molecule has 3 rings (SSSR count). The van der Waals surface area contributed by atoms with Crippen molar-refractivity contribution in [3.8, 4) is 0 Å². The molecule has 0 radical (unpaired) electrons. The van der Waals surface area contributed by atoms with Gasteiger partial charge < -0.3 is 15.3 Å². The summed E-state index contributed by atoms with van der Waals surface area (Å²) >= 11 is 0. The minimum atomic E-state index is -0.988. The fourth-order valence-electron chi connectivity index (χ4n) is 2.70. The largest absolute Gasteiger partial charge is 0.481 e. The SMILES string of the molecule is O=C(O)CC1C(=O)Nc2ccccc2N1Cc1ccccc1. The molecule has 0 spiro atoms. The number of hydrogen-bond donors (Lipinski definition) is 2. The molecule has 5 nitrogen and oxygen atoms in total. The van der Waals surface area contributed by atoms with E-state index in [1.54, 1.807) is 0 Å². The van der Waals surface area contributed by atoms with E-state index in [4.69, 9.17) is 5.11 Å². The Balaban J connectivity index is 1.99. The lowest BCUT2D eigenvalue weighted by Crippen LogP contribution is -2.48. The smallest absolute Gasteiger partial charge is 0.305 e. The van der Waals surface area contributed by atoms with Gasteiger partial charge in [0.25, 0.3) is 0 Å². The van der Waals surface area contributed by atoms with Crippen LogP contribution >= 0.6 is 0 Å². The van der Waals surface area contributed by atoms with E-state index in [1.165, 1.54) is 0 Å². The quantitative estimate of drug-likeness (QED) is 0.909. The highest BCUT2D eigenvalue weighted by atomic mass is 16.4. The zero-order chi connectivity index (χ0) is 15.5. The van der Waals surface area contributed by atoms with Crippen molar-refractivity contribution in [1.29, 1.82) is 0 Å². The third-order valence-corrected chi connectivity index (χ3v) is 3.71. The number of aliphatic carboxylic acids is 1. The van der Waals surface area contributed by atoms with Crippen molar-refractivity contribution < 1.29 is 14.7 Å². The van der Waals surface area contributed by atoms with Gasteiger partial charge in [0.15, 0.2) is 0 Å². The van der Waals surface area contributed by atoms with Gasteiger partial charge in [0.2, 0.25) is 5.91 Å². The monoisotopic (exact) mass is 296 g/mol. The molecule has 1 atom stereocenters. The van der Waals surface area contributed by atoms with Gasteiger partial charge in [0.05, 0.1) is 17.8 Å². The number of carbonyl (C=O) groups excluding carboxylic acids is 1. The van der Waals surface area contributed by atoms with Crippen molar-refractivity contribution in [1.82, 2.24) is 0 Å². The van der Waals surface area contributed by atoms with Crippen LogP contribution in [0.2, 0.25) is 0 Å². The third-order valence-electron chi connectivity index (χ3n) is 3.71. The minimum absolute atomic E-state index is 0.229. The average Bonchev–Trinajstić information content (AvgIpc) is 2.51. The summed E-state index contributed by atoms with van der Waals surface area (Å²) in [5, 5.41) is 11.9. The molecule has 0 saturated heterocycles. The molecule has 0 aliphatic carbocycles. The van der Waals surface area contributed by atoms with Crippen LogP contribution < -0.4 is 10.2 Å². The fourth-order valence-corrected chi connectivity index (χ4v) is 2.70. The molecule has 0 saturated carbocycles. The Labute approximate surface area is 128 Å². The second-order valence-corrected chi connectivity index (χ2v) is 5.23. The molecule has 0 bridgehead atoms. The maximum Gasteiger partial charge on any atom is 0.305 e. The van der Waals surface area contributed by atoms with E-state index in [0.29, 0.717) is 12.2 Å². The maximum absolute atomic E-state index is 12.3. The summed E-state index contributed by atoms with van der Waals surface area (Å²) in [5.74, 6) is -1.27. The highest BCUT2D eigenvalue weighted by molar-refractivity contribution is 6.04. The molecule has 1 aliphatic rings. The first-order valence-corrected chi connectivity index (χ1v) is 7.07. The van der Waals surface area contributed by atoms with Crippen molar-refractivity contribution in [2.24, 2.45) is 0 Å². The second kappa shape index (κ2) is 5.89. The Hall–Kier alpha value is -2.82. The molecule has 1 heterocycles. The van der Waals surface area contributed by atoms with E-state index in [1.807, 2.05) is 59.5 Å². The topological polar surface area (TPSA) is 69.6 Å². The molecule has 5 heteroatoms. The number of nitrogens with zero attached hydrogens (tertiary/aromatic N) is 1. The van der Waals surface area contributed by atoms with Crippen LogP contribution in [0.4, 0.5) is 11.4 Å². The van der Waals surface area contributed by atoms with Crippen molar-refractivity contribution in [3.63, 3.8) is 0 Å². The first-order chi connectivity index (χ1) is 10.6. The average molecular weight is 296 g/mol. The van der Waals surface area contributed by atoms with E-state index >= 15 is 0 Å². The zero-order valence-electron chi connectivity index (χ0n) is 11.9. The van der Waals surface area contributed by atoms with Crippen LogP contribution in [0.25, 0.3) is 0 Å². The van der Waals surface area contributed by atoms with Gasteiger partial charge in [-0.05, 0) is 17.7 Å². The minimum Gasteiger partial charge on any atom is -0.481 e. The first-order valence-electron chi connectivity index (χ1n) is 7.07. The normalized spacial score (nSPS) is 16.8. The van der Waals surface area contributed by atoms with Crippen LogP contribution in [0.5, 0.6) is 0 Å². The number of fused-ring (bicyclic) bond motifs is 1. The molecule has 1 amide bonds. The molecule has 1 unspecified atom stereocenters. The third kappa shape index (κ3) is 2.79. The van der Waals surface area contributed by atoms with Gasteiger partial charge in [-0.3, -0.25) is 9.59 Å². The highest BCUT2D eigenvalue weighted by Gasteiger charge is 2.34. The summed E-state index contributed by atoms with van der Waals surface area (Å²) in [6.45, 7) is 0.489. The summed E-state index contributed by atoms with van der Waals surface area (Å²) in [4.78, 5) is 25.3. The summed E-state index contributed by atoms with van der Waals surface area (Å²) in [7, 11) is 0. The molecule has 2 aromatic carbocycles. The second-order valence-electron chi connectivity index (χ2n) is 5.23. The summed E-state index contributed by atoms with van der Waals surface area (Å²) in [5.41, 5.74) is 2.59. The van der Waals surface area contributed by atoms with Gasteiger partial charge in [-0.25, -0.2) is 0 Å². The number of carboxylic acid groups (broad SMARTS) is 1. The number of amides is 1. The van der Waals surface area contributed by atoms with Gasteiger partial charge in [-0.1, -0.05) is 42.5 Å². The molecule has 0 aromatic heterocycles. The molecular weight excluding hydrogens is 280 g/mol. The van der Waals surface area contributed by atoms with Crippen LogP contribution in [-0.2, 0) is 16.1 Å². The highest BCUT2D eigenvalue weighted by Crippen LogP contribution is 2.33. The Bertz CT molecular complexity index is 700. The van der Waals surface area contributed by atoms with Crippen LogP contribution in [0, 0.1) is 0 Å². The zero-order valence-corrected chi connectivity index (χ0v) is 11.9. The number of nitrogens with one attached hydrogen (secondary N) is 1. The van der Waals surface area contributed by atoms with Crippen molar-refractivity contribution in [3.05, 3.63) is 60.2 Å². The maximum atomic E-state index is 12.3. The lowest BCUT2D eigenvalue weighted by atomic mass is 10.0. The van der Waals surface area contributed by atoms with E-state index in [-0.39, 0.29) is 12.3 Å². The van der Waals surface area contributed by atoms with E-state index < -0.39 is 12.0 Å². The van der Waals surface area contributed by atoms with Gasteiger partial charge in [0.1, 0.15) is 6.04 Å². The molecule has 2 N–H and O–H groups in total. The number of benzene rings is 2. The Morgan fingerprint density at radius 3 is 2.50 bits per heavy atom. The molecule has 112 valence electrons. The van der Waals surface area contributed by atoms with E-state index in [9.17, 15) is 9.59 Å². The van der Waals surface area contributed by atoms with Gasteiger partial charge in [-0.2, -0.15) is 0 Å². The lowest BCUT2D eigenvalue weighted by molar-refractivity contribution is -0.139. The van der Waals surface area contributed by atoms with Gasteiger partial charge >= 0.3 is 5.97 Å². The standard InChI is InChI=1S/C17H16N2O3/c20-16(21)10-15-17(22)18-13-8-4-5-9-14(13)19(15)11-12-6-2-1-3-7-12/h1-9,15H,10-11H2,(H,18,22)(H,20,21). The van der Waals surface area contributed by atoms with E-state index in [2.05, 4.69) is 5.32 Å². The molecule has 0 fully saturated rings. The molecular formula is C17H16N2O3. The molecule has 1 aliphatic heterocycles. The number of anilines is 2. The van der Waals surface area contributed by atoms with Crippen LogP contribution in [-0.4, -0.2) is 23.0 Å². The van der Waals surface area contributed by atoms with Crippen molar-refractivity contribution >= 4 is 23.3 Å². The van der Waals surface area contributed by atoms with E-state index in [0.717, 1.165) is 11.3 Å². The number of carboxylic acids is 1. The predicted molar refractivity (Wildman–Crippen MR) is 83.7 cm³/mol. The van der Waals surface area contributed by atoms with Crippen molar-refractivity contribution in [2.75, 3.05) is 10.2 Å². The summed E-state index contributed by atoms with van der Waals surface area (Å²) in [6.07, 6.45) is -0.229.